The van der Waals surface area contributed by atoms with Gasteiger partial charge >= 0.3 is 0 Å². The molecule has 1 fully saturated rings. The Hall–Kier alpha value is -0.960. The first-order chi connectivity index (χ1) is 8.09. The summed E-state index contributed by atoms with van der Waals surface area (Å²) in [6, 6.07) is 2.25. The minimum atomic E-state index is -0.516. The summed E-state index contributed by atoms with van der Waals surface area (Å²) in [6.45, 7) is 1.64. The molecule has 0 aromatic heterocycles. The third kappa shape index (κ3) is 2.65. The van der Waals surface area contributed by atoms with Crippen molar-refractivity contribution in [3.05, 3.63) is 34.9 Å². The van der Waals surface area contributed by atoms with Crippen molar-refractivity contribution in [3.8, 4) is 0 Å². The molecule has 0 heterocycles. The van der Waals surface area contributed by atoms with Gasteiger partial charge < -0.3 is 5.73 Å². The summed E-state index contributed by atoms with van der Waals surface area (Å²) in [5, 5.41) is 0. The summed E-state index contributed by atoms with van der Waals surface area (Å²) in [6.07, 6.45) is 5.41. The number of halogens is 2. The van der Waals surface area contributed by atoms with Crippen LogP contribution in [0, 0.1) is 24.5 Å². The largest absolute Gasteiger partial charge is 0.324 e. The van der Waals surface area contributed by atoms with Crippen molar-refractivity contribution in [1.82, 2.24) is 0 Å². The summed E-state index contributed by atoms with van der Waals surface area (Å²) in [7, 11) is 0. The van der Waals surface area contributed by atoms with Crippen LogP contribution in [0.2, 0.25) is 0 Å². The number of benzene rings is 1. The Bertz CT molecular complexity index is 397. The molecule has 0 amide bonds. The monoisotopic (exact) mass is 239 g/mol. The lowest BCUT2D eigenvalue weighted by Crippen LogP contribution is -2.18. The second kappa shape index (κ2) is 5.13. The molecule has 1 unspecified atom stereocenters. The van der Waals surface area contributed by atoms with Gasteiger partial charge in [0.1, 0.15) is 11.6 Å². The molecular weight excluding hydrogens is 220 g/mol. The van der Waals surface area contributed by atoms with Gasteiger partial charge in [-0.25, -0.2) is 8.78 Å². The summed E-state index contributed by atoms with van der Waals surface area (Å²) < 4.78 is 27.5. The summed E-state index contributed by atoms with van der Waals surface area (Å²) in [5.41, 5.74) is 6.49. The van der Waals surface area contributed by atoms with Crippen LogP contribution in [0.15, 0.2) is 12.1 Å². The summed E-state index contributed by atoms with van der Waals surface area (Å²) in [5.74, 6) is -0.460. The highest BCUT2D eigenvalue weighted by atomic mass is 19.1. The van der Waals surface area contributed by atoms with Crippen molar-refractivity contribution in [2.45, 2.75) is 45.1 Å². The van der Waals surface area contributed by atoms with Crippen LogP contribution in [0.5, 0.6) is 0 Å². The van der Waals surface area contributed by atoms with Crippen molar-refractivity contribution in [1.29, 1.82) is 0 Å². The first-order valence-electron chi connectivity index (χ1n) is 6.29. The fourth-order valence-electron chi connectivity index (χ4n) is 2.74. The predicted octanol–water partition coefficient (Wildman–Crippen LogP) is 3.85. The average molecular weight is 239 g/mol. The molecule has 2 rings (SSSR count). The molecule has 3 heteroatoms. The Kier molecular flexibility index (Phi) is 3.77. The molecule has 2 N–H and O–H groups in total. The van der Waals surface area contributed by atoms with Crippen molar-refractivity contribution in [2.24, 2.45) is 11.7 Å². The number of nitrogens with two attached hydrogens (primary N) is 1. The summed E-state index contributed by atoms with van der Waals surface area (Å²) >= 11 is 0. The Morgan fingerprint density at radius 1 is 1.29 bits per heavy atom. The fourth-order valence-corrected chi connectivity index (χ4v) is 2.74. The van der Waals surface area contributed by atoms with Gasteiger partial charge in [-0.2, -0.15) is 0 Å². The van der Waals surface area contributed by atoms with Crippen LogP contribution < -0.4 is 5.73 Å². The number of hydrogen-bond donors (Lipinski definition) is 1. The molecule has 1 aromatic rings. The lowest BCUT2D eigenvalue weighted by molar-refractivity contribution is 0.425. The lowest BCUT2D eigenvalue weighted by atomic mass is 9.93. The molecule has 1 nitrogen and oxygen atoms in total. The predicted molar refractivity (Wildman–Crippen MR) is 64.6 cm³/mol. The highest BCUT2D eigenvalue weighted by Gasteiger charge is 2.23. The first kappa shape index (κ1) is 12.5. The maximum absolute atomic E-state index is 13.9. The Balaban J connectivity index is 2.17. The zero-order valence-electron chi connectivity index (χ0n) is 10.2. The number of hydrogen-bond acceptors (Lipinski definition) is 1. The van der Waals surface area contributed by atoms with Crippen molar-refractivity contribution < 1.29 is 8.78 Å². The van der Waals surface area contributed by atoms with Gasteiger partial charge in [0.25, 0.3) is 0 Å². The maximum atomic E-state index is 13.9. The van der Waals surface area contributed by atoms with Crippen molar-refractivity contribution >= 4 is 0 Å². The van der Waals surface area contributed by atoms with E-state index < -0.39 is 17.7 Å². The second-order valence-corrected chi connectivity index (χ2v) is 5.08. The van der Waals surface area contributed by atoms with Gasteiger partial charge in [-0.3, -0.25) is 0 Å². The highest BCUT2D eigenvalue weighted by Crippen LogP contribution is 2.33. The first-order valence-corrected chi connectivity index (χ1v) is 6.29. The molecule has 17 heavy (non-hydrogen) atoms. The van der Waals surface area contributed by atoms with Crippen molar-refractivity contribution in [3.63, 3.8) is 0 Å². The molecule has 94 valence electrons. The van der Waals surface area contributed by atoms with Gasteiger partial charge in [0.2, 0.25) is 0 Å². The second-order valence-electron chi connectivity index (χ2n) is 5.08. The van der Waals surface area contributed by atoms with Crippen LogP contribution in [-0.2, 0) is 0 Å². The van der Waals surface area contributed by atoms with Gasteiger partial charge in [-0.05, 0) is 30.9 Å². The third-order valence-corrected chi connectivity index (χ3v) is 3.75. The molecule has 1 aliphatic rings. The molecule has 1 atom stereocenters. The molecule has 0 radical (unpaired) electrons. The Morgan fingerprint density at radius 2 is 1.94 bits per heavy atom. The van der Waals surface area contributed by atoms with Crippen LogP contribution in [-0.4, -0.2) is 0 Å². The average Bonchev–Trinajstić information content (AvgIpc) is 2.77. The quantitative estimate of drug-likeness (QED) is 0.851. The molecule has 0 spiro atoms. The normalized spacial score (nSPS) is 18.6. The SMILES string of the molecule is Cc1ccc(F)c(C(N)CC2CCCC2)c1F. The maximum Gasteiger partial charge on any atom is 0.133 e. The fraction of sp³-hybridized carbons (Fsp3) is 0.571. The zero-order chi connectivity index (χ0) is 12.4. The number of aryl methyl sites for hydroxylation is 1. The van der Waals surface area contributed by atoms with Crippen LogP contribution in [0.3, 0.4) is 0 Å². The van der Waals surface area contributed by atoms with Crippen LogP contribution in [0.4, 0.5) is 8.78 Å². The van der Waals surface area contributed by atoms with E-state index in [0.717, 1.165) is 12.8 Å². The van der Waals surface area contributed by atoms with Gasteiger partial charge in [-0.1, -0.05) is 31.7 Å². The van der Waals surface area contributed by atoms with Crippen molar-refractivity contribution in [2.75, 3.05) is 0 Å². The Morgan fingerprint density at radius 3 is 2.59 bits per heavy atom. The summed E-state index contributed by atoms with van der Waals surface area (Å²) in [4.78, 5) is 0. The molecule has 1 aromatic carbocycles. The molecule has 1 saturated carbocycles. The highest BCUT2D eigenvalue weighted by molar-refractivity contribution is 5.29. The zero-order valence-corrected chi connectivity index (χ0v) is 10.2. The van der Waals surface area contributed by atoms with E-state index in [-0.39, 0.29) is 5.56 Å². The standard InChI is InChI=1S/C14H19F2N/c1-9-6-7-11(15)13(14(9)16)12(17)8-10-4-2-3-5-10/h6-7,10,12H,2-5,8,17H2,1H3. The van der Waals surface area contributed by atoms with E-state index in [0.29, 0.717) is 17.9 Å². The topological polar surface area (TPSA) is 26.0 Å². The molecule has 0 aliphatic heterocycles. The molecule has 0 saturated heterocycles. The molecular formula is C14H19F2N. The van der Waals surface area contributed by atoms with Crippen LogP contribution in [0.1, 0.15) is 49.3 Å². The van der Waals surface area contributed by atoms with E-state index in [4.69, 9.17) is 5.73 Å². The lowest BCUT2D eigenvalue weighted by Gasteiger charge is -2.18. The van der Waals surface area contributed by atoms with E-state index in [9.17, 15) is 8.78 Å². The van der Waals surface area contributed by atoms with E-state index in [1.165, 1.54) is 25.0 Å². The van der Waals surface area contributed by atoms with Crippen LogP contribution in [0.25, 0.3) is 0 Å². The minimum Gasteiger partial charge on any atom is -0.324 e. The minimum absolute atomic E-state index is 0.0666. The van der Waals surface area contributed by atoms with Gasteiger partial charge in [-0.15, -0.1) is 0 Å². The van der Waals surface area contributed by atoms with E-state index >= 15 is 0 Å². The number of rotatable bonds is 3. The smallest absolute Gasteiger partial charge is 0.133 e. The van der Waals surface area contributed by atoms with E-state index in [1.54, 1.807) is 6.92 Å². The van der Waals surface area contributed by atoms with E-state index in [1.807, 2.05) is 0 Å². The molecule has 0 bridgehead atoms. The van der Waals surface area contributed by atoms with Gasteiger partial charge in [0.15, 0.2) is 0 Å². The van der Waals surface area contributed by atoms with Gasteiger partial charge in [0, 0.05) is 11.6 Å². The Labute approximate surface area is 101 Å². The van der Waals surface area contributed by atoms with E-state index in [2.05, 4.69) is 0 Å². The molecule has 1 aliphatic carbocycles. The van der Waals surface area contributed by atoms with Gasteiger partial charge in [0.05, 0.1) is 0 Å². The van der Waals surface area contributed by atoms with Crippen LogP contribution >= 0.6 is 0 Å². The third-order valence-electron chi connectivity index (χ3n) is 3.75.